The molecule has 0 unspecified atom stereocenters. The normalized spacial score (nSPS) is 13.1. The first-order valence-electron chi connectivity index (χ1n) is 9.47. The minimum Gasteiger partial charge on any atom is -0.497 e. The van der Waals surface area contributed by atoms with Crippen LogP contribution in [0.2, 0.25) is 0 Å². The molecule has 11 heteroatoms. The molecule has 2 aromatic rings. The lowest BCUT2D eigenvalue weighted by atomic mass is 10.1. The highest BCUT2D eigenvalue weighted by atomic mass is 32.2. The van der Waals surface area contributed by atoms with Crippen LogP contribution in [0.4, 0.5) is 0 Å². The topological polar surface area (TPSA) is 136 Å². The Morgan fingerprint density at radius 3 is 2.10 bits per heavy atom. The van der Waals surface area contributed by atoms with Crippen molar-refractivity contribution in [2.24, 2.45) is 5.14 Å². The zero-order chi connectivity index (χ0) is 23.2. The van der Waals surface area contributed by atoms with Gasteiger partial charge in [-0.15, -0.1) is 0 Å². The van der Waals surface area contributed by atoms with Gasteiger partial charge in [0.25, 0.3) is 0 Å². The molecule has 0 aliphatic rings. The molecule has 0 fully saturated rings. The molecule has 170 valence electrons. The number of nitrogens with one attached hydrogen (secondary N) is 1. The van der Waals surface area contributed by atoms with Crippen molar-refractivity contribution in [3.8, 4) is 5.75 Å². The Hall–Kier alpha value is -2.47. The number of carbonyl (C=O) groups excluding carboxylic acids is 1. The Morgan fingerprint density at radius 1 is 1.03 bits per heavy atom. The van der Waals surface area contributed by atoms with Crippen LogP contribution in [0.5, 0.6) is 5.75 Å². The highest BCUT2D eigenvalue weighted by Crippen LogP contribution is 2.19. The molecule has 0 heterocycles. The number of benzene rings is 2. The second-order valence-corrected chi connectivity index (χ2v) is 10.6. The van der Waals surface area contributed by atoms with E-state index in [4.69, 9.17) is 9.88 Å². The van der Waals surface area contributed by atoms with Gasteiger partial charge in [0.05, 0.1) is 22.9 Å². The third kappa shape index (κ3) is 6.76. The van der Waals surface area contributed by atoms with E-state index >= 15 is 0 Å². The van der Waals surface area contributed by atoms with E-state index in [1.54, 1.807) is 31.2 Å². The number of carbonyl (C=O) groups is 1. The standard InChI is InChI=1S/C20H27N3O6S2/c1-15(16-6-10-18(11-7-16)30(21,25)26)22-20(24)5-4-14-23(2)31(27,28)19-12-8-17(29-3)9-13-19/h6-13,15H,4-5,14H2,1-3H3,(H,22,24)(H2,21,25,26)/t15-/m0/s1. The highest BCUT2D eigenvalue weighted by molar-refractivity contribution is 7.89. The van der Waals surface area contributed by atoms with Crippen LogP contribution < -0.4 is 15.2 Å². The number of methoxy groups -OCH3 is 1. The fourth-order valence-electron chi connectivity index (χ4n) is 2.85. The van der Waals surface area contributed by atoms with E-state index in [0.717, 1.165) is 5.56 Å². The Labute approximate surface area is 183 Å². The second-order valence-electron chi connectivity index (χ2n) is 7.01. The average Bonchev–Trinajstić information content (AvgIpc) is 2.73. The van der Waals surface area contributed by atoms with Crippen molar-refractivity contribution in [3.05, 3.63) is 54.1 Å². The molecular weight excluding hydrogens is 442 g/mol. The molecule has 0 bridgehead atoms. The summed E-state index contributed by atoms with van der Waals surface area (Å²) in [4.78, 5) is 12.4. The third-order valence-electron chi connectivity index (χ3n) is 4.73. The van der Waals surface area contributed by atoms with Gasteiger partial charge in [0, 0.05) is 20.0 Å². The van der Waals surface area contributed by atoms with E-state index in [2.05, 4.69) is 5.32 Å². The van der Waals surface area contributed by atoms with Crippen LogP contribution in [0, 0.1) is 0 Å². The number of primary sulfonamides is 1. The van der Waals surface area contributed by atoms with Crippen molar-refractivity contribution in [2.75, 3.05) is 20.7 Å². The van der Waals surface area contributed by atoms with Gasteiger partial charge in [-0.05, 0) is 55.3 Å². The molecule has 31 heavy (non-hydrogen) atoms. The SMILES string of the molecule is COc1ccc(S(=O)(=O)N(C)CCCC(=O)N[C@@H](C)c2ccc(S(N)(=O)=O)cc2)cc1. The summed E-state index contributed by atoms with van der Waals surface area (Å²) in [5.41, 5.74) is 0.722. The maximum Gasteiger partial charge on any atom is 0.242 e. The third-order valence-corrected chi connectivity index (χ3v) is 7.53. The molecule has 0 saturated carbocycles. The molecule has 0 aliphatic heterocycles. The van der Waals surface area contributed by atoms with Gasteiger partial charge in [0.1, 0.15) is 5.75 Å². The van der Waals surface area contributed by atoms with Crippen LogP contribution in [0.15, 0.2) is 58.3 Å². The van der Waals surface area contributed by atoms with E-state index in [1.165, 1.54) is 42.7 Å². The predicted octanol–water partition coefficient (Wildman–Crippen LogP) is 1.62. The zero-order valence-electron chi connectivity index (χ0n) is 17.6. The Balaban J connectivity index is 1.86. The lowest BCUT2D eigenvalue weighted by Crippen LogP contribution is -2.30. The van der Waals surface area contributed by atoms with E-state index in [-0.39, 0.29) is 34.7 Å². The molecule has 1 amide bonds. The molecule has 2 aromatic carbocycles. The van der Waals surface area contributed by atoms with Crippen LogP contribution in [-0.4, -0.2) is 47.8 Å². The monoisotopic (exact) mass is 469 g/mol. The Morgan fingerprint density at radius 2 is 1.58 bits per heavy atom. The summed E-state index contributed by atoms with van der Waals surface area (Å²) in [5.74, 6) is 0.324. The summed E-state index contributed by atoms with van der Waals surface area (Å²) in [6.07, 6.45) is 0.483. The van der Waals surface area contributed by atoms with Crippen molar-refractivity contribution < 1.29 is 26.4 Å². The molecule has 0 saturated heterocycles. The first kappa shape index (κ1) is 24.8. The van der Waals surface area contributed by atoms with Crippen LogP contribution in [0.1, 0.15) is 31.4 Å². The number of nitrogens with zero attached hydrogens (tertiary/aromatic N) is 1. The summed E-state index contributed by atoms with van der Waals surface area (Å²) in [7, 11) is -4.46. The number of amides is 1. The number of nitrogens with two attached hydrogens (primary N) is 1. The molecule has 9 nitrogen and oxygen atoms in total. The molecule has 0 aliphatic carbocycles. The Kier molecular flexibility index (Phi) is 8.18. The van der Waals surface area contributed by atoms with Gasteiger partial charge in [-0.1, -0.05) is 12.1 Å². The van der Waals surface area contributed by atoms with Crippen molar-refractivity contribution >= 4 is 26.0 Å². The minimum atomic E-state index is -3.77. The highest BCUT2D eigenvalue weighted by Gasteiger charge is 2.21. The number of sulfonamides is 2. The average molecular weight is 470 g/mol. The summed E-state index contributed by atoms with van der Waals surface area (Å²) in [5, 5.41) is 7.88. The first-order chi connectivity index (χ1) is 14.4. The summed E-state index contributed by atoms with van der Waals surface area (Å²) in [6, 6.07) is 11.7. The molecule has 0 spiro atoms. The minimum absolute atomic E-state index is 0.00381. The fraction of sp³-hybridized carbons (Fsp3) is 0.350. The molecular formula is C20H27N3O6S2. The number of ether oxygens (including phenoxy) is 1. The van der Waals surface area contributed by atoms with Crippen LogP contribution >= 0.6 is 0 Å². The summed E-state index contributed by atoms with van der Waals surface area (Å²) >= 11 is 0. The number of hydrogen-bond acceptors (Lipinski definition) is 6. The second kappa shape index (κ2) is 10.2. The molecule has 1 atom stereocenters. The molecule has 3 N–H and O–H groups in total. The van der Waals surface area contributed by atoms with Crippen molar-refractivity contribution in [2.45, 2.75) is 35.6 Å². The summed E-state index contributed by atoms with van der Waals surface area (Å²) < 4.78 is 54.1. The first-order valence-corrected chi connectivity index (χ1v) is 12.5. The van der Waals surface area contributed by atoms with Gasteiger partial charge >= 0.3 is 0 Å². The van der Waals surface area contributed by atoms with Gasteiger partial charge < -0.3 is 10.1 Å². The van der Waals surface area contributed by atoms with Gasteiger partial charge in [0.15, 0.2) is 0 Å². The van der Waals surface area contributed by atoms with Crippen molar-refractivity contribution in [1.82, 2.24) is 9.62 Å². The molecule has 2 rings (SSSR count). The van der Waals surface area contributed by atoms with Crippen LogP contribution in [-0.2, 0) is 24.8 Å². The van der Waals surface area contributed by atoms with Gasteiger partial charge in [-0.25, -0.2) is 26.3 Å². The van der Waals surface area contributed by atoms with Gasteiger partial charge in [-0.2, -0.15) is 0 Å². The van der Waals surface area contributed by atoms with E-state index in [9.17, 15) is 21.6 Å². The van der Waals surface area contributed by atoms with E-state index in [0.29, 0.717) is 12.2 Å². The smallest absolute Gasteiger partial charge is 0.242 e. The van der Waals surface area contributed by atoms with Gasteiger partial charge in [-0.3, -0.25) is 4.79 Å². The fourth-order valence-corrected chi connectivity index (χ4v) is 4.58. The largest absolute Gasteiger partial charge is 0.497 e. The number of hydrogen-bond donors (Lipinski definition) is 2. The predicted molar refractivity (Wildman–Crippen MR) is 116 cm³/mol. The Bertz CT molecular complexity index is 1100. The number of rotatable bonds is 10. The van der Waals surface area contributed by atoms with E-state index in [1.807, 2.05) is 0 Å². The van der Waals surface area contributed by atoms with Crippen molar-refractivity contribution in [1.29, 1.82) is 0 Å². The van der Waals surface area contributed by atoms with Crippen LogP contribution in [0.25, 0.3) is 0 Å². The maximum atomic E-state index is 12.6. The lowest BCUT2D eigenvalue weighted by Gasteiger charge is -2.18. The van der Waals surface area contributed by atoms with Crippen molar-refractivity contribution in [3.63, 3.8) is 0 Å². The van der Waals surface area contributed by atoms with E-state index < -0.39 is 20.0 Å². The van der Waals surface area contributed by atoms with Crippen LogP contribution in [0.3, 0.4) is 0 Å². The zero-order valence-corrected chi connectivity index (χ0v) is 19.2. The lowest BCUT2D eigenvalue weighted by molar-refractivity contribution is -0.121. The maximum absolute atomic E-state index is 12.6. The molecule has 0 radical (unpaired) electrons. The van der Waals surface area contributed by atoms with Gasteiger partial charge in [0.2, 0.25) is 26.0 Å². The summed E-state index contributed by atoms with van der Waals surface area (Å²) in [6.45, 7) is 1.95. The quantitative estimate of drug-likeness (QED) is 0.543. The molecule has 0 aromatic heterocycles.